The predicted molar refractivity (Wildman–Crippen MR) is 122 cm³/mol. The maximum Gasteiger partial charge on any atom is 0.221 e. The molecule has 4 aromatic rings. The zero-order chi connectivity index (χ0) is 21.5. The minimum atomic E-state index is -0.0755. The number of aromatic amines is 1. The molecule has 3 heterocycles. The topological polar surface area (TPSA) is 92.8 Å². The molecule has 3 aromatic heterocycles. The molecule has 0 bridgehead atoms. The van der Waals surface area contributed by atoms with Gasteiger partial charge in [0.15, 0.2) is 5.82 Å². The zero-order valence-electron chi connectivity index (χ0n) is 16.8. The maximum atomic E-state index is 12.6. The van der Waals surface area contributed by atoms with Crippen LogP contribution in [0, 0.1) is 0 Å². The number of amides is 1. The Hall–Kier alpha value is -3.17. The molecule has 0 saturated carbocycles. The van der Waals surface area contributed by atoms with E-state index in [4.69, 9.17) is 4.74 Å². The van der Waals surface area contributed by atoms with Crippen LogP contribution >= 0.6 is 23.1 Å². The molecule has 0 fully saturated rings. The minimum Gasteiger partial charge on any atom is -0.497 e. The first-order valence-corrected chi connectivity index (χ1v) is 11.4. The van der Waals surface area contributed by atoms with Crippen molar-refractivity contribution in [1.82, 2.24) is 25.5 Å². The lowest BCUT2D eigenvalue weighted by atomic mass is 10.2. The largest absolute Gasteiger partial charge is 0.497 e. The normalized spacial score (nSPS) is 11.8. The number of hydrogen-bond donors (Lipinski definition) is 2. The summed E-state index contributed by atoms with van der Waals surface area (Å²) in [6.45, 7) is 0.455. The molecule has 1 atom stereocenters. The lowest BCUT2D eigenvalue weighted by Gasteiger charge is -2.13. The minimum absolute atomic E-state index is 0.0272. The summed E-state index contributed by atoms with van der Waals surface area (Å²) in [6, 6.07) is 15.4. The number of thiophene rings is 1. The molecule has 1 amide bonds. The molecule has 0 spiro atoms. The van der Waals surface area contributed by atoms with Crippen molar-refractivity contribution >= 4 is 29.0 Å². The first kappa shape index (κ1) is 21.1. The number of nitrogens with zero attached hydrogens (tertiary/aromatic N) is 3. The Morgan fingerprint density at radius 3 is 2.81 bits per heavy atom. The monoisotopic (exact) mass is 451 g/mol. The molecular weight excluding hydrogens is 430 g/mol. The van der Waals surface area contributed by atoms with Crippen molar-refractivity contribution in [3.8, 4) is 17.1 Å². The van der Waals surface area contributed by atoms with E-state index < -0.39 is 0 Å². The Balaban J connectivity index is 1.42. The van der Waals surface area contributed by atoms with Gasteiger partial charge >= 0.3 is 0 Å². The fourth-order valence-corrected chi connectivity index (χ4v) is 4.87. The fraction of sp³-hybridized carbons (Fsp3) is 0.182. The maximum absolute atomic E-state index is 12.6. The van der Waals surface area contributed by atoms with E-state index in [1.807, 2.05) is 53.9 Å². The zero-order valence-corrected chi connectivity index (χ0v) is 18.5. The van der Waals surface area contributed by atoms with E-state index in [9.17, 15) is 4.79 Å². The smallest absolute Gasteiger partial charge is 0.221 e. The van der Waals surface area contributed by atoms with E-state index in [0.717, 1.165) is 21.8 Å². The van der Waals surface area contributed by atoms with Crippen molar-refractivity contribution < 1.29 is 9.53 Å². The van der Waals surface area contributed by atoms with Gasteiger partial charge in [-0.05, 0) is 47.3 Å². The average molecular weight is 452 g/mol. The van der Waals surface area contributed by atoms with Gasteiger partial charge in [-0.2, -0.15) is 0 Å². The molecule has 0 unspecified atom stereocenters. The number of nitrogens with one attached hydrogen (secondary N) is 2. The molecule has 2 N–H and O–H groups in total. The SMILES string of the molecule is COc1ccc(-c2nc(S[C@@H](CC(=O)NCc3cccnc3)c3cccs3)n[nH]2)cc1. The van der Waals surface area contributed by atoms with Gasteiger partial charge in [0.1, 0.15) is 5.75 Å². The number of ether oxygens (including phenoxy) is 1. The summed E-state index contributed by atoms with van der Waals surface area (Å²) in [4.78, 5) is 22.4. The molecule has 158 valence electrons. The number of aromatic nitrogens is 4. The first-order chi connectivity index (χ1) is 15.2. The van der Waals surface area contributed by atoms with Gasteiger partial charge in [-0.25, -0.2) is 4.98 Å². The van der Waals surface area contributed by atoms with Crippen LogP contribution in [0.5, 0.6) is 5.75 Å². The number of pyridine rings is 1. The summed E-state index contributed by atoms with van der Waals surface area (Å²) < 4.78 is 5.20. The number of H-pyrrole nitrogens is 1. The third kappa shape index (κ3) is 5.71. The van der Waals surface area contributed by atoms with Crippen molar-refractivity contribution in [1.29, 1.82) is 0 Å². The van der Waals surface area contributed by atoms with Crippen LogP contribution in [0.4, 0.5) is 0 Å². The average Bonchev–Trinajstić information content (AvgIpc) is 3.51. The molecule has 4 rings (SSSR count). The highest BCUT2D eigenvalue weighted by molar-refractivity contribution is 7.99. The fourth-order valence-electron chi connectivity index (χ4n) is 2.92. The number of methoxy groups -OCH3 is 1. The second-order valence-electron chi connectivity index (χ2n) is 6.66. The van der Waals surface area contributed by atoms with Crippen molar-refractivity contribution in [3.63, 3.8) is 0 Å². The number of thioether (sulfide) groups is 1. The Kier molecular flexibility index (Phi) is 6.96. The van der Waals surface area contributed by atoms with Crippen LogP contribution < -0.4 is 10.1 Å². The Morgan fingerprint density at radius 1 is 1.23 bits per heavy atom. The molecule has 0 aliphatic rings. The predicted octanol–water partition coefficient (Wildman–Crippen LogP) is 4.48. The molecule has 0 aliphatic heterocycles. The second-order valence-corrected chi connectivity index (χ2v) is 8.81. The van der Waals surface area contributed by atoms with Gasteiger partial charge in [0.05, 0.1) is 12.4 Å². The van der Waals surface area contributed by atoms with E-state index in [-0.39, 0.29) is 11.2 Å². The van der Waals surface area contributed by atoms with Crippen LogP contribution in [0.15, 0.2) is 71.5 Å². The van der Waals surface area contributed by atoms with Crippen LogP contribution in [-0.4, -0.2) is 33.2 Å². The molecule has 9 heteroatoms. The van der Waals surface area contributed by atoms with Crippen molar-refractivity contribution in [2.45, 2.75) is 23.4 Å². The summed E-state index contributed by atoms with van der Waals surface area (Å²) >= 11 is 3.10. The van der Waals surface area contributed by atoms with Crippen molar-refractivity contribution in [3.05, 3.63) is 76.7 Å². The molecule has 0 saturated heterocycles. The van der Waals surface area contributed by atoms with E-state index in [1.54, 1.807) is 30.8 Å². The highest BCUT2D eigenvalue weighted by atomic mass is 32.2. The van der Waals surface area contributed by atoms with Gasteiger partial charge in [-0.1, -0.05) is 23.9 Å². The van der Waals surface area contributed by atoms with E-state index in [0.29, 0.717) is 23.9 Å². The summed E-state index contributed by atoms with van der Waals surface area (Å²) in [5, 5.41) is 12.8. The summed E-state index contributed by atoms with van der Waals surface area (Å²) in [5.74, 6) is 1.43. The van der Waals surface area contributed by atoms with Gasteiger partial charge in [0.2, 0.25) is 11.1 Å². The lowest BCUT2D eigenvalue weighted by molar-refractivity contribution is -0.121. The van der Waals surface area contributed by atoms with Crippen molar-refractivity contribution in [2.24, 2.45) is 0 Å². The van der Waals surface area contributed by atoms with Crippen molar-refractivity contribution in [2.75, 3.05) is 7.11 Å². The molecule has 7 nitrogen and oxygen atoms in total. The van der Waals surface area contributed by atoms with Crippen LogP contribution in [-0.2, 0) is 11.3 Å². The first-order valence-electron chi connectivity index (χ1n) is 9.64. The Labute approximate surface area is 188 Å². The summed E-state index contributed by atoms with van der Waals surface area (Å²) in [5.41, 5.74) is 1.89. The van der Waals surface area contributed by atoms with Gasteiger partial charge in [-0.15, -0.1) is 16.4 Å². The van der Waals surface area contributed by atoms with Gasteiger partial charge in [0.25, 0.3) is 0 Å². The summed E-state index contributed by atoms with van der Waals surface area (Å²) in [7, 11) is 1.63. The quantitative estimate of drug-likeness (QED) is 0.365. The standard InChI is InChI=1S/C22H21N5O2S2/c1-29-17-8-6-16(7-9-17)21-25-22(27-26-21)31-19(18-5-3-11-30-18)12-20(28)24-14-15-4-2-10-23-13-15/h2-11,13,19H,12,14H2,1H3,(H,24,28)(H,25,26,27)/t19-/m0/s1. The van der Waals surface area contributed by atoms with E-state index in [1.165, 1.54) is 11.8 Å². The van der Waals surface area contributed by atoms with E-state index >= 15 is 0 Å². The number of benzene rings is 1. The lowest BCUT2D eigenvalue weighted by Crippen LogP contribution is -2.24. The molecular formula is C22H21N5O2S2. The summed E-state index contributed by atoms with van der Waals surface area (Å²) in [6.07, 6.45) is 3.80. The molecule has 31 heavy (non-hydrogen) atoms. The second kappa shape index (κ2) is 10.2. The Morgan fingerprint density at radius 2 is 2.10 bits per heavy atom. The van der Waals surface area contributed by atoms with Gasteiger partial charge in [-0.3, -0.25) is 14.9 Å². The highest BCUT2D eigenvalue weighted by Gasteiger charge is 2.21. The number of rotatable bonds is 9. The molecule has 0 aliphatic carbocycles. The van der Waals surface area contributed by atoms with Crippen LogP contribution in [0.1, 0.15) is 22.1 Å². The van der Waals surface area contributed by atoms with Crippen LogP contribution in [0.3, 0.4) is 0 Å². The Bertz CT molecular complexity index is 1100. The van der Waals surface area contributed by atoms with Gasteiger partial charge in [0, 0.05) is 35.8 Å². The highest BCUT2D eigenvalue weighted by Crippen LogP contribution is 2.38. The van der Waals surface area contributed by atoms with Gasteiger partial charge < -0.3 is 10.1 Å². The van der Waals surface area contributed by atoms with Crippen LogP contribution in [0.2, 0.25) is 0 Å². The number of carbonyl (C=O) groups excluding carboxylic acids is 1. The number of carbonyl (C=O) groups is 1. The molecule has 0 radical (unpaired) electrons. The third-order valence-electron chi connectivity index (χ3n) is 4.52. The van der Waals surface area contributed by atoms with E-state index in [2.05, 4.69) is 25.5 Å². The number of hydrogen-bond acceptors (Lipinski definition) is 7. The van der Waals surface area contributed by atoms with Crippen LogP contribution in [0.25, 0.3) is 11.4 Å². The molecule has 1 aromatic carbocycles. The third-order valence-corrected chi connectivity index (χ3v) is 6.75.